The number of rotatable bonds is 3. The van der Waals surface area contributed by atoms with Crippen LogP contribution in [0.1, 0.15) is 0 Å². The summed E-state index contributed by atoms with van der Waals surface area (Å²) in [6, 6.07) is 62.5. The van der Waals surface area contributed by atoms with E-state index in [0.717, 1.165) is 0 Å². The Labute approximate surface area is 276 Å². The minimum atomic E-state index is 1.23. The molecule has 0 aliphatic rings. The van der Waals surface area contributed by atoms with Gasteiger partial charge in [0.15, 0.2) is 0 Å². The molecule has 0 amide bonds. The molecule has 0 fully saturated rings. The van der Waals surface area contributed by atoms with Crippen LogP contribution in [-0.4, -0.2) is 0 Å². The molecule has 1 heterocycles. The zero-order valence-electron chi connectivity index (χ0n) is 25.6. The van der Waals surface area contributed by atoms with E-state index in [1.165, 1.54) is 96.6 Å². The van der Waals surface area contributed by atoms with E-state index in [9.17, 15) is 0 Å². The molecule has 10 rings (SSSR count). The first-order chi connectivity index (χ1) is 23.3. The van der Waals surface area contributed by atoms with Crippen LogP contribution in [0.25, 0.3) is 96.6 Å². The molecule has 1 aromatic heterocycles. The Morgan fingerprint density at radius 3 is 1.45 bits per heavy atom. The minimum absolute atomic E-state index is 1.23. The van der Waals surface area contributed by atoms with Gasteiger partial charge in [-0.25, -0.2) is 0 Å². The van der Waals surface area contributed by atoms with Crippen LogP contribution in [0.3, 0.4) is 0 Å². The normalized spacial score (nSPS) is 11.8. The number of thiophene rings is 1. The first-order valence-electron chi connectivity index (χ1n) is 16.2. The van der Waals surface area contributed by atoms with Crippen molar-refractivity contribution in [3.8, 4) is 33.4 Å². The largest absolute Gasteiger partial charge is 0.135 e. The Hall–Kier alpha value is -5.76. The van der Waals surface area contributed by atoms with Crippen molar-refractivity contribution >= 4 is 74.6 Å². The molecular formula is C46H28S. The maximum Gasteiger partial charge on any atom is 0.0440 e. The molecule has 0 aliphatic heterocycles. The van der Waals surface area contributed by atoms with Crippen molar-refractivity contribution in [1.29, 1.82) is 0 Å². The molecule has 0 radical (unpaired) electrons. The predicted molar refractivity (Wildman–Crippen MR) is 206 cm³/mol. The van der Waals surface area contributed by atoms with Crippen LogP contribution in [0, 0.1) is 0 Å². The third-order valence-electron chi connectivity index (χ3n) is 9.85. The average Bonchev–Trinajstić information content (AvgIpc) is 3.54. The summed E-state index contributed by atoms with van der Waals surface area (Å²) in [4.78, 5) is 0. The van der Waals surface area contributed by atoms with Crippen LogP contribution in [0.15, 0.2) is 170 Å². The SMILES string of the molecule is c1ccc(-c2ccccc2-c2c3ccccc3c(-c3ccc4sc5c6ccccc6c6ccccc6c5c4c3)c3ccccc23)cc1. The summed E-state index contributed by atoms with van der Waals surface area (Å²) in [6.07, 6.45) is 0. The molecule has 10 aromatic rings. The van der Waals surface area contributed by atoms with Gasteiger partial charge in [-0.15, -0.1) is 11.3 Å². The Morgan fingerprint density at radius 2 is 0.787 bits per heavy atom. The van der Waals surface area contributed by atoms with Gasteiger partial charge in [-0.05, 0) is 83.2 Å². The molecule has 0 spiro atoms. The summed E-state index contributed by atoms with van der Waals surface area (Å²) in [5.74, 6) is 0. The lowest BCUT2D eigenvalue weighted by Crippen LogP contribution is -1.92. The topological polar surface area (TPSA) is 0 Å². The van der Waals surface area contributed by atoms with E-state index >= 15 is 0 Å². The zero-order chi connectivity index (χ0) is 30.9. The van der Waals surface area contributed by atoms with Gasteiger partial charge >= 0.3 is 0 Å². The molecule has 218 valence electrons. The highest BCUT2D eigenvalue weighted by molar-refractivity contribution is 7.27. The summed E-state index contributed by atoms with van der Waals surface area (Å²) >= 11 is 1.92. The molecule has 1 heteroatoms. The van der Waals surface area contributed by atoms with Gasteiger partial charge in [-0.2, -0.15) is 0 Å². The van der Waals surface area contributed by atoms with E-state index in [0.29, 0.717) is 0 Å². The van der Waals surface area contributed by atoms with Gasteiger partial charge in [-0.3, -0.25) is 0 Å². The first kappa shape index (κ1) is 26.5. The Balaban J connectivity index is 1.31. The van der Waals surface area contributed by atoms with Crippen molar-refractivity contribution in [3.63, 3.8) is 0 Å². The van der Waals surface area contributed by atoms with E-state index in [1.54, 1.807) is 0 Å². The second-order valence-corrected chi connectivity index (χ2v) is 13.4. The maximum absolute atomic E-state index is 2.46. The Bertz CT molecular complexity index is 2780. The summed E-state index contributed by atoms with van der Waals surface area (Å²) in [6.45, 7) is 0. The first-order valence-corrected chi connectivity index (χ1v) is 17.0. The van der Waals surface area contributed by atoms with Gasteiger partial charge in [0.25, 0.3) is 0 Å². The number of fused-ring (bicyclic) bond motifs is 10. The average molecular weight is 613 g/mol. The fourth-order valence-electron chi connectivity index (χ4n) is 7.86. The lowest BCUT2D eigenvalue weighted by Gasteiger charge is -2.19. The minimum Gasteiger partial charge on any atom is -0.135 e. The van der Waals surface area contributed by atoms with E-state index in [4.69, 9.17) is 0 Å². The molecule has 0 saturated carbocycles. The molecule has 0 saturated heterocycles. The maximum atomic E-state index is 2.46. The fourth-order valence-corrected chi connectivity index (χ4v) is 9.10. The Morgan fingerprint density at radius 1 is 0.298 bits per heavy atom. The standard InChI is InChI=1S/C46H28S/c1-2-14-29(15-3-1)31-16-4-7-19-34(31)44-38-23-11-9-21-36(38)43(37-22-10-12-24-39(37)44)30-26-27-42-41(28-30)45-35-20-8-5-17-32(35)33-18-6-13-25-40(33)46(45)47-42/h1-28H. The number of hydrogen-bond donors (Lipinski definition) is 0. The molecular weight excluding hydrogens is 585 g/mol. The fraction of sp³-hybridized carbons (Fsp3) is 0. The second-order valence-electron chi connectivity index (χ2n) is 12.4. The Kier molecular flexibility index (Phi) is 5.85. The number of benzene rings is 9. The van der Waals surface area contributed by atoms with Gasteiger partial charge < -0.3 is 0 Å². The lowest BCUT2D eigenvalue weighted by atomic mass is 9.83. The molecule has 0 nitrogen and oxygen atoms in total. The van der Waals surface area contributed by atoms with Gasteiger partial charge in [0, 0.05) is 25.6 Å². The van der Waals surface area contributed by atoms with Crippen LogP contribution in [-0.2, 0) is 0 Å². The molecule has 0 unspecified atom stereocenters. The van der Waals surface area contributed by atoms with Gasteiger partial charge in [-0.1, -0.05) is 158 Å². The van der Waals surface area contributed by atoms with Crippen molar-refractivity contribution in [1.82, 2.24) is 0 Å². The van der Waals surface area contributed by atoms with E-state index in [2.05, 4.69) is 170 Å². The molecule has 0 bridgehead atoms. The molecule has 9 aromatic carbocycles. The van der Waals surface area contributed by atoms with Crippen LogP contribution in [0.4, 0.5) is 0 Å². The van der Waals surface area contributed by atoms with Crippen molar-refractivity contribution < 1.29 is 0 Å². The molecule has 0 atom stereocenters. The van der Waals surface area contributed by atoms with Crippen molar-refractivity contribution in [2.75, 3.05) is 0 Å². The quantitative estimate of drug-likeness (QED) is 0.138. The molecule has 0 N–H and O–H groups in total. The third-order valence-corrected chi connectivity index (χ3v) is 11.1. The number of hydrogen-bond acceptors (Lipinski definition) is 1. The van der Waals surface area contributed by atoms with Gasteiger partial charge in [0.05, 0.1) is 0 Å². The van der Waals surface area contributed by atoms with E-state index < -0.39 is 0 Å². The smallest absolute Gasteiger partial charge is 0.0440 e. The highest BCUT2D eigenvalue weighted by Gasteiger charge is 2.20. The van der Waals surface area contributed by atoms with E-state index in [-0.39, 0.29) is 0 Å². The van der Waals surface area contributed by atoms with Crippen LogP contribution in [0.5, 0.6) is 0 Å². The summed E-state index contributed by atoms with van der Waals surface area (Å²) in [7, 11) is 0. The summed E-state index contributed by atoms with van der Waals surface area (Å²) in [5, 5.41) is 13.1. The van der Waals surface area contributed by atoms with Crippen LogP contribution < -0.4 is 0 Å². The lowest BCUT2D eigenvalue weighted by molar-refractivity contribution is 1.61. The van der Waals surface area contributed by atoms with Gasteiger partial charge in [0.2, 0.25) is 0 Å². The van der Waals surface area contributed by atoms with Crippen LogP contribution >= 0.6 is 11.3 Å². The van der Waals surface area contributed by atoms with Crippen molar-refractivity contribution in [3.05, 3.63) is 170 Å². The van der Waals surface area contributed by atoms with Crippen molar-refractivity contribution in [2.24, 2.45) is 0 Å². The highest BCUT2D eigenvalue weighted by Crippen LogP contribution is 2.48. The third kappa shape index (κ3) is 3.94. The van der Waals surface area contributed by atoms with Gasteiger partial charge in [0.1, 0.15) is 0 Å². The predicted octanol–water partition coefficient (Wildman–Crippen LogP) is 13.7. The molecule has 0 aliphatic carbocycles. The van der Waals surface area contributed by atoms with Crippen LogP contribution in [0.2, 0.25) is 0 Å². The highest BCUT2D eigenvalue weighted by atomic mass is 32.1. The van der Waals surface area contributed by atoms with Crippen molar-refractivity contribution in [2.45, 2.75) is 0 Å². The zero-order valence-corrected chi connectivity index (χ0v) is 26.4. The van der Waals surface area contributed by atoms with E-state index in [1.807, 2.05) is 11.3 Å². The second kappa shape index (κ2) is 10.4. The summed E-state index contributed by atoms with van der Waals surface area (Å²) < 4.78 is 2.70. The monoisotopic (exact) mass is 612 g/mol. The summed E-state index contributed by atoms with van der Waals surface area (Å²) in [5.41, 5.74) is 7.58. The molecule has 47 heavy (non-hydrogen) atoms.